The fraction of sp³-hybridized carbons (Fsp3) is 0.0526. The van der Waals surface area contributed by atoms with Crippen LogP contribution in [0.1, 0.15) is 5.69 Å². The van der Waals surface area contributed by atoms with Gasteiger partial charge in [0.25, 0.3) is 5.56 Å². The Bertz CT molecular complexity index is 1180. The summed E-state index contributed by atoms with van der Waals surface area (Å²) < 4.78 is 1.64. The minimum atomic E-state index is -0.279. The van der Waals surface area contributed by atoms with Crippen LogP contribution in [0.5, 0.6) is 0 Å². The Labute approximate surface area is 158 Å². The number of benzene rings is 2. The molecule has 0 aliphatic carbocycles. The van der Waals surface area contributed by atoms with Gasteiger partial charge in [0.1, 0.15) is 0 Å². The lowest BCUT2D eigenvalue weighted by atomic mass is 10.1. The van der Waals surface area contributed by atoms with Gasteiger partial charge in [0, 0.05) is 10.4 Å². The van der Waals surface area contributed by atoms with E-state index in [0.29, 0.717) is 27.2 Å². The number of aromatic amines is 1. The highest BCUT2D eigenvalue weighted by molar-refractivity contribution is 6.30. The lowest BCUT2D eigenvalue weighted by Gasteiger charge is -2.05. The van der Waals surface area contributed by atoms with Crippen LogP contribution >= 0.6 is 11.6 Å². The third-order valence-corrected chi connectivity index (χ3v) is 4.31. The van der Waals surface area contributed by atoms with Crippen LogP contribution in [0.4, 0.5) is 5.69 Å². The molecule has 27 heavy (non-hydrogen) atoms. The second-order valence-electron chi connectivity index (χ2n) is 5.92. The van der Waals surface area contributed by atoms with E-state index in [4.69, 9.17) is 11.6 Å². The van der Waals surface area contributed by atoms with E-state index < -0.39 is 0 Å². The first kappa shape index (κ1) is 17.0. The zero-order chi connectivity index (χ0) is 18.8. The number of aromatic nitrogens is 4. The van der Waals surface area contributed by atoms with Gasteiger partial charge in [-0.3, -0.25) is 9.59 Å². The number of H-pyrrole nitrogens is 1. The molecule has 2 heterocycles. The SMILES string of the molecule is O=C(Cc1n[nH]c(=O)c2ccccc12)Nc1cnn(-c2ccc(Cl)cc2)c1. The van der Waals surface area contributed by atoms with Crippen LogP contribution in [0, 0.1) is 0 Å². The number of carbonyl (C=O) groups excluding carboxylic acids is 1. The number of hydrogen-bond acceptors (Lipinski definition) is 4. The quantitative estimate of drug-likeness (QED) is 0.570. The van der Waals surface area contributed by atoms with E-state index in [-0.39, 0.29) is 17.9 Å². The summed E-state index contributed by atoms with van der Waals surface area (Å²) >= 11 is 5.89. The highest BCUT2D eigenvalue weighted by atomic mass is 35.5. The summed E-state index contributed by atoms with van der Waals surface area (Å²) in [5.41, 5.74) is 1.61. The smallest absolute Gasteiger partial charge is 0.272 e. The second-order valence-corrected chi connectivity index (χ2v) is 6.36. The lowest BCUT2D eigenvalue weighted by molar-refractivity contribution is -0.115. The van der Waals surface area contributed by atoms with Crippen LogP contribution in [0.15, 0.2) is 65.7 Å². The monoisotopic (exact) mass is 379 g/mol. The van der Waals surface area contributed by atoms with Gasteiger partial charge in [0.15, 0.2) is 0 Å². The maximum absolute atomic E-state index is 12.4. The summed E-state index contributed by atoms with van der Waals surface area (Å²) in [6, 6.07) is 14.3. The molecule has 0 saturated carbocycles. The standard InChI is InChI=1S/C19H14ClN5O2/c20-12-5-7-14(8-6-12)25-11-13(10-21-25)22-18(26)9-17-15-3-1-2-4-16(15)19(27)24-23-17/h1-8,10-11H,9H2,(H,22,26)(H,24,27). The lowest BCUT2D eigenvalue weighted by Crippen LogP contribution is -2.18. The molecule has 134 valence electrons. The number of fused-ring (bicyclic) bond motifs is 1. The van der Waals surface area contributed by atoms with Crippen molar-refractivity contribution in [2.45, 2.75) is 6.42 Å². The molecule has 2 aromatic carbocycles. The Hall–Kier alpha value is -3.45. The maximum Gasteiger partial charge on any atom is 0.272 e. The highest BCUT2D eigenvalue weighted by Gasteiger charge is 2.12. The van der Waals surface area contributed by atoms with E-state index in [1.807, 2.05) is 12.1 Å². The first-order valence-electron chi connectivity index (χ1n) is 8.17. The van der Waals surface area contributed by atoms with Gasteiger partial charge in [-0.05, 0) is 30.3 Å². The number of amides is 1. The summed E-state index contributed by atoms with van der Waals surface area (Å²) in [6.45, 7) is 0. The minimum absolute atomic E-state index is 0.0312. The van der Waals surface area contributed by atoms with Crippen molar-refractivity contribution in [2.75, 3.05) is 5.32 Å². The minimum Gasteiger partial charge on any atom is -0.323 e. The number of hydrogen-bond donors (Lipinski definition) is 2. The van der Waals surface area contributed by atoms with E-state index in [1.54, 1.807) is 53.5 Å². The second kappa shape index (κ2) is 7.05. The fourth-order valence-electron chi connectivity index (χ4n) is 2.79. The molecule has 2 aromatic heterocycles. The topological polar surface area (TPSA) is 92.7 Å². The van der Waals surface area contributed by atoms with Crippen molar-refractivity contribution in [3.05, 3.63) is 82.0 Å². The number of anilines is 1. The Morgan fingerprint density at radius 1 is 1.11 bits per heavy atom. The average molecular weight is 380 g/mol. The average Bonchev–Trinajstić information content (AvgIpc) is 3.13. The van der Waals surface area contributed by atoms with E-state index >= 15 is 0 Å². The number of halogens is 1. The molecule has 0 unspecified atom stereocenters. The molecule has 0 bridgehead atoms. The van der Waals surface area contributed by atoms with Crippen LogP contribution in [-0.2, 0) is 11.2 Å². The summed E-state index contributed by atoms with van der Waals surface area (Å²) in [6.07, 6.45) is 3.30. The number of rotatable bonds is 4. The molecular formula is C19H14ClN5O2. The number of nitrogens with zero attached hydrogens (tertiary/aromatic N) is 3. The van der Waals surface area contributed by atoms with Crippen LogP contribution in [-0.4, -0.2) is 25.9 Å². The van der Waals surface area contributed by atoms with Gasteiger partial charge in [-0.15, -0.1) is 0 Å². The number of nitrogens with one attached hydrogen (secondary N) is 2. The predicted octanol–water partition coefficient (Wildman–Crippen LogP) is 2.94. The third-order valence-electron chi connectivity index (χ3n) is 4.06. The van der Waals surface area contributed by atoms with Crippen LogP contribution in [0.25, 0.3) is 16.5 Å². The molecule has 1 amide bonds. The molecular weight excluding hydrogens is 366 g/mol. The summed E-state index contributed by atoms with van der Waals surface area (Å²) in [5, 5.41) is 15.3. The van der Waals surface area contributed by atoms with Crippen LogP contribution in [0.3, 0.4) is 0 Å². The van der Waals surface area contributed by atoms with Gasteiger partial charge in [-0.1, -0.05) is 29.8 Å². The Morgan fingerprint density at radius 3 is 2.63 bits per heavy atom. The summed E-state index contributed by atoms with van der Waals surface area (Å²) in [7, 11) is 0. The highest BCUT2D eigenvalue weighted by Crippen LogP contribution is 2.16. The number of carbonyl (C=O) groups is 1. The van der Waals surface area contributed by atoms with Gasteiger partial charge < -0.3 is 5.32 Å². The molecule has 0 saturated heterocycles. The maximum atomic E-state index is 12.4. The molecule has 7 nitrogen and oxygen atoms in total. The van der Waals surface area contributed by atoms with Crippen molar-refractivity contribution in [3.8, 4) is 5.69 Å². The van der Waals surface area contributed by atoms with Gasteiger partial charge in [0.2, 0.25) is 5.91 Å². The molecule has 0 radical (unpaired) electrons. The Morgan fingerprint density at radius 2 is 1.85 bits per heavy atom. The summed E-state index contributed by atoms with van der Waals surface area (Å²) in [5.74, 6) is -0.254. The molecule has 0 aliphatic rings. The van der Waals surface area contributed by atoms with Gasteiger partial charge in [0.05, 0.1) is 41.3 Å². The molecule has 8 heteroatoms. The van der Waals surface area contributed by atoms with Crippen molar-refractivity contribution in [1.29, 1.82) is 0 Å². The van der Waals surface area contributed by atoms with Crippen molar-refractivity contribution in [1.82, 2.24) is 20.0 Å². The van der Waals surface area contributed by atoms with Crippen molar-refractivity contribution in [3.63, 3.8) is 0 Å². The van der Waals surface area contributed by atoms with Crippen LogP contribution < -0.4 is 10.9 Å². The zero-order valence-corrected chi connectivity index (χ0v) is 14.8. The van der Waals surface area contributed by atoms with E-state index in [2.05, 4.69) is 20.6 Å². The molecule has 0 fully saturated rings. The fourth-order valence-corrected chi connectivity index (χ4v) is 2.91. The van der Waals surface area contributed by atoms with Crippen molar-refractivity contribution >= 4 is 34.0 Å². The van der Waals surface area contributed by atoms with E-state index in [1.165, 1.54) is 0 Å². The van der Waals surface area contributed by atoms with Crippen molar-refractivity contribution in [2.24, 2.45) is 0 Å². The molecule has 4 aromatic rings. The predicted molar refractivity (Wildman–Crippen MR) is 103 cm³/mol. The zero-order valence-electron chi connectivity index (χ0n) is 14.0. The van der Waals surface area contributed by atoms with Gasteiger partial charge in [-0.2, -0.15) is 10.2 Å². The van der Waals surface area contributed by atoms with E-state index in [0.717, 1.165) is 5.69 Å². The summed E-state index contributed by atoms with van der Waals surface area (Å²) in [4.78, 5) is 24.2. The molecule has 0 spiro atoms. The largest absolute Gasteiger partial charge is 0.323 e. The molecule has 0 atom stereocenters. The first-order valence-corrected chi connectivity index (χ1v) is 8.55. The van der Waals surface area contributed by atoms with Crippen LogP contribution in [0.2, 0.25) is 5.02 Å². The normalized spacial score (nSPS) is 10.9. The Kier molecular flexibility index (Phi) is 4.43. The first-order chi connectivity index (χ1) is 13.1. The van der Waals surface area contributed by atoms with Gasteiger partial charge >= 0.3 is 0 Å². The molecule has 2 N–H and O–H groups in total. The third kappa shape index (κ3) is 3.58. The van der Waals surface area contributed by atoms with Crippen molar-refractivity contribution < 1.29 is 4.79 Å². The molecule has 4 rings (SSSR count). The van der Waals surface area contributed by atoms with Gasteiger partial charge in [-0.25, -0.2) is 9.78 Å². The van der Waals surface area contributed by atoms with E-state index in [9.17, 15) is 9.59 Å². The molecule has 0 aliphatic heterocycles. The Balaban J connectivity index is 1.52.